The minimum absolute atomic E-state index is 0.00658. The van der Waals surface area contributed by atoms with E-state index in [1.165, 1.54) is 12.1 Å². The van der Waals surface area contributed by atoms with Gasteiger partial charge in [0, 0.05) is 11.8 Å². The van der Waals surface area contributed by atoms with Crippen molar-refractivity contribution in [2.75, 3.05) is 11.9 Å². The maximum absolute atomic E-state index is 12.4. The van der Waals surface area contributed by atoms with Crippen LogP contribution in [-0.4, -0.2) is 33.6 Å². The number of hydrogen-bond acceptors (Lipinski definition) is 5. The molecule has 1 saturated heterocycles. The Morgan fingerprint density at radius 2 is 1.89 bits per heavy atom. The number of carbonyl (C=O) groups is 3. The van der Waals surface area contributed by atoms with Gasteiger partial charge in [-0.1, -0.05) is 48.6 Å². The van der Waals surface area contributed by atoms with Crippen LogP contribution in [0.2, 0.25) is 0 Å². The molecule has 0 aromatic heterocycles. The van der Waals surface area contributed by atoms with Crippen molar-refractivity contribution in [1.82, 2.24) is 4.90 Å². The molecule has 1 heterocycles. The second-order valence-corrected chi connectivity index (χ2v) is 6.65. The molecule has 7 heteroatoms. The average Bonchev–Trinajstić information content (AvgIpc) is 2.90. The molecule has 0 atom stereocenters. The molecule has 0 aliphatic carbocycles. The highest BCUT2D eigenvalue weighted by Gasteiger charge is 2.35. The lowest BCUT2D eigenvalue weighted by atomic mass is 10.2. The Bertz CT molecular complexity index is 938. The Hall–Kier alpha value is -3.32. The lowest BCUT2D eigenvalue weighted by Gasteiger charge is -2.12. The van der Waals surface area contributed by atoms with E-state index in [0.29, 0.717) is 5.69 Å². The second-order valence-electron chi connectivity index (χ2n) is 5.66. The van der Waals surface area contributed by atoms with E-state index in [9.17, 15) is 19.5 Å². The van der Waals surface area contributed by atoms with Crippen LogP contribution < -0.4 is 5.32 Å². The quantitative estimate of drug-likeness (QED) is 0.774. The van der Waals surface area contributed by atoms with Gasteiger partial charge in [-0.3, -0.25) is 19.3 Å². The SMILES string of the molecule is O=C(CN1C(=O)S/C(=C\C=C\c2ccccc2)C1=O)Nc1cccc(O)c1. The molecule has 0 spiro atoms. The molecule has 0 unspecified atom stereocenters. The van der Waals surface area contributed by atoms with E-state index in [0.717, 1.165) is 22.2 Å². The standard InChI is InChI=1S/C20H16N2O4S/c23-16-10-5-9-15(12-16)21-18(24)13-22-19(25)17(27-20(22)26)11-4-8-14-6-2-1-3-7-14/h1-12,23H,13H2,(H,21,24)/b8-4+,17-11-. The lowest BCUT2D eigenvalue weighted by molar-refractivity contribution is -0.127. The number of nitrogens with zero attached hydrogens (tertiary/aromatic N) is 1. The van der Waals surface area contributed by atoms with Gasteiger partial charge in [-0.25, -0.2) is 0 Å². The summed E-state index contributed by atoms with van der Waals surface area (Å²) in [7, 11) is 0. The van der Waals surface area contributed by atoms with Crippen LogP contribution in [0.3, 0.4) is 0 Å². The number of allylic oxidation sites excluding steroid dienone is 2. The van der Waals surface area contributed by atoms with Crippen molar-refractivity contribution < 1.29 is 19.5 Å². The van der Waals surface area contributed by atoms with E-state index in [1.54, 1.807) is 24.3 Å². The lowest BCUT2D eigenvalue weighted by Crippen LogP contribution is -2.36. The minimum atomic E-state index is -0.524. The molecule has 27 heavy (non-hydrogen) atoms. The molecule has 2 N–H and O–H groups in total. The molecule has 1 fully saturated rings. The molecule has 136 valence electrons. The monoisotopic (exact) mass is 380 g/mol. The normalized spacial score (nSPS) is 15.7. The number of imide groups is 1. The van der Waals surface area contributed by atoms with Gasteiger partial charge in [0.25, 0.3) is 11.1 Å². The third-order valence-corrected chi connectivity index (χ3v) is 4.57. The van der Waals surface area contributed by atoms with Crippen molar-refractivity contribution in [3.05, 3.63) is 77.2 Å². The molecule has 6 nitrogen and oxygen atoms in total. The molecular formula is C20H16N2O4S. The van der Waals surface area contributed by atoms with Gasteiger partial charge in [0.2, 0.25) is 5.91 Å². The van der Waals surface area contributed by atoms with Gasteiger partial charge in [-0.05, 0) is 35.5 Å². The van der Waals surface area contributed by atoms with Crippen molar-refractivity contribution in [2.45, 2.75) is 0 Å². The second kappa shape index (κ2) is 8.37. The molecule has 2 aromatic carbocycles. The van der Waals surface area contributed by atoms with Crippen LogP contribution in [0, 0.1) is 0 Å². The first-order valence-corrected chi connectivity index (χ1v) is 8.90. The molecule has 1 aliphatic heterocycles. The van der Waals surface area contributed by atoms with E-state index in [4.69, 9.17) is 0 Å². The van der Waals surface area contributed by atoms with Crippen LogP contribution in [0.5, 0.6) is 5.75 Å². The predicted molar refractivity (Wildman–Crippen MR) is 105 cm³/mol. The highest BCUT2D eigenvalue weighted by molar-refractivity contribution is 8.18. The number of aromatic hydroxyl groups is 1. The topological polar surface area (TPSA) is 86.7 Å². The predicted octanol–water partition coefficient (Wildman–Crippen LogP) is 3.62. The number of amides is 3. The number of phenolic OH excluding ortho intramolecular Hbond substituents is 1. The fourth-order valence-corrected chi connectivity index (χ4v) is 3.18. The van der Waals surface area contributed by atoms with Crippen LogP contribution in [0.4, 0.5) is 10.5 Å². The summed E-state index contributed by atoms with van der Waals surface area (Å²) in [5.74, 6) is -1.02. The number of phenols is 1. The van der Waals surface area contributed by atoms with Crippen molar-refractivity contribution >= 4 is 40.6 Å². The van der Waals surface area contributed by atoms with Crippen molar-refractivity contribution in [1.29, 1.82) is 0 Å². The Balaban J connectivity index is 1.62. The number of nitrogens with one attached hydrogen (secondary N) is 1. The van der Waals surface area contributed by atoms with Gasteiger partial charge < -0.3 is 10.4 Å². The molecule has 0 radical (unpaired) electrons. The summed E-state index contributed by atoms with van der Waals surface area (Å²) >= 11 is 0.795. The number of carbonyl (C=O) groups excluding carboxylic acids is 3. The summed E-state index contributed by atoms with van der Waals surface area (Å²) < 4.78 is 0. The molecule has 0 saturated carbocycles. The fourth-order valence-electron chi connectivity index (χ4n) is 2.39. The highest BCUT2D eigenvalue weighted by atomic mass is 32.2. The third kappa shape index (κ3) is 4.86. The zero-order chi connectivity index (χ0) is 19.2. The summed E-state index contributed by atoms with van der Waals surface area (Å²) in [6, 6.07) is 15.6. The molecule has 1 aliphatic rings. The molecule has 2 aromatic rings. The van der Waals surface area contributed by atoms with Crippen LogP contribution in [0.15, 0.2) is 71.7 Å². The summed E-state index contributed by atoms with van der Waals surface area (Å²) in [6.45, 7) is -0.389. The Morgan fingerprint density at radius 1 is 1.11 bits per heavy atom. The summed E-state index contributed by atoms with van der Waals surface area (Å²) in [5.41, 5.74) is 1.35. The van der Waals surface area contributed by atoms with Gasteiger partial charge in [0.05, 0.1) is 4.91 Å². The first kappa shape index (κ1) is 18.5. The van der Waals surface area contributed by atoms with E-state index in [-0.39, 0.29) is 17.2 Å². The van der Waals surface area contributed by atoms with Crippen LogP contribution in [0.1, 0.15) is 5.56 Å². The van der Waals surface area contributed by atoms with E-state index in [1.807, 2.05) is 36.4 Å². The van der Waals surface area contributed by atoms with Crippen LogP contribution in [-0.2, 0) is 9.59 Å². The van der Waals surface area contributed by atoms with E-state index in [2.05, 4.69) is 5.32 Å². The maximum Gasteiger partial charge on any atom is 0.294 e. The van der Waals surface area contributed by atoms with E-state index >= 15 is 0 Å². The number of rotatable bonds is 5. The molecular weight excluding hydrogens is 364 g/mol. The Labute approximate surface area is 160 Å². The van der Waals surface area contributed by atoms with Crippen molar-refractivity contribution in [3.8, 4) is 5.75 Å². The van der Waals surface area contributed by atoms with Gasteiger partial charge in [0.1, 0.15) is 12.3 Å². The molecule has 3 rings (SSSR count). The average molecular weight is 380 g/mol. The Morgan fingerprint density at radius 3 is 2.63 bits per heavy atom. The van der Waals surface area contributed by atoms with Gasteiger partial charge >= 0.3 is 0 Å². The number of benzene rings is 2. The first-order chi connectivity index (χ1) is 13.0. The van der Waals surface area contributed by atoms with Gasteiger partial charge in [-0.2, -0.15) is 0 Å². The fraction of sp³-hybridized carbons (Fsp3) is 0.0500. The molecule has 3 amide bonds. The number of hydrogen-bond donors (Lipinski definition) is 2. The van der Waals surface area contributed by atoms with Gasteiger partial charge in [0.15, 0.2) is 0 Å². The van der Waals surface area contributed by atoms with Crippen LogP contribution in [0.25, 0.3) is 6.08 Å². The smallest absolute Gasteiger partial charge is 0.294 e. The van der Waals surface area contributed by atoms with Crippen molar-refractivity contribution in [2.24, 2.45) is 0 Å². The zero-order valence-corrected chi connectivity index (χ0v) is 15.0. The highest BCUT2D eigenvalue weighted by Crippen LogP contribution is 2.30. The molecule has 0 bridgehead atoms. The van der Waals surface area contributed by atoms with Crippen molar-refractivity contribution in [3.63, 3.8) is 0 Å². The van der Waals surface area contributed by atoms with Crippen LogP contribution >= 0.6 is 11.8 Å². The third-order valence-electron chi connectivity index (χ3n) is 3.64. The minimum Gasteiger partial charge on any atom is -0.508 e. The summed E-state index contributed by atoms with van der Waals surface area (Å²) in [6.07, 6.45) is 5.08. The summed E-state index contributed by atoms with van der Waals surface area (Å²) in [4.78, 5) is 37.7. The number of anilines is 1. The van der Waals surface area contributed by atoms with Gasteiger partial charge in [-0.15, -0.1) is 0 Å². The first-order valence-electron chi connectivity index (χ1n) is 8.09. The van der Waals surface area contributed by atoms with E-state index < -0.39 is 17.1 Å². The number of thioether (sulfide) groups is 1. The maximum atomic E-state index is 12.4. The summed E-state index contributed by atoms with van der Waals surface area (Å²) in [5, 5.41) is 11.5. The largest absolute Gasteiger partial charge is 0.508 e. The Kier molecular flexibility index (Phi) is 5.73. The zero-order valence-electron chi connectivity index (χ0n) is 14.2.